The van der Waals surface area contributed by atoms with Crippen molar-refractivity contribution in [1.29, 1.82) is 0 Å². The van der Waals surface area contributed by atoms with Crippen molar-refractivity contribution in [1.82, 2.24) is 4.90 Å². The Labute approximate surface area is 121 Å². The lowest BCUT2D eigenvalue weighted by molar-refractivity contribution is -0.139. The molecular formula is C14H18BrNO3. The summed E-state index contributed by atoms with van der Waals surface area (Å²) < 4.78 is 11.7. The summed E-state index contributed by atoms with van der Waals surface area (Å²) in [5.74, 6) is 0.132. The van der Waals surface area contributed by atoms with E-state index in [1.165, 1.54) is 0 Å². The minimum absolute atomic E-state index is 0.0339. The molecule has 1 saturated heterocycles. The van der Waals surface area contributed by atoms with E-state index >= 15 is 0 Å². The number of morpholine rings is 1. The molecule has 1 aromatic carbocycles. The third-order valence-corrected chi connectivity index (χ3v) is 3.71. The number of nitrogens with zero attached hydrogens (tertiary/aromatic N) is 1. The van der Waals surface area contributed by atoms with E-state index in [0.717, 1.165) is 10.0 Å². The molecule has 1 amide bonds. The monoisotopic (exact) mass is 327 g/mol. The number of hydrogen-bond donors (Lipinski definition) is 0. The van der Waals surface area contributed by atoms with Crippen molar-refractivity contribution in [2.45, 2.75) is 12.5 Å². The predicted molar refractivity (Wildman–Crippen MR) is 75.9 cm³/mol. The van der Waals surface area contributed by atoms with Gasteiger partial charge in [0.2, 0.25) is 5.91 Å². The molecule has 2 rings (SSSR count). The van der Waals surface area contributed by atoms with Gasteiger partial charge in [-0.3, -0.25) is 4.79 Å². The Morgan fingerprint density at radius 2 is 2.21 bits per heavy atom. The van der Waals surface area contributed by atoms with E-state index in [9.17, 15) is 4.79 Å². The number of halogens is 1. The molecule has 19 heavy (non-hydrogen) atoms. The summed E-state index contributed by atoms with van der Waals surface area (Å²) in [6, 6.07) is 8.03. The summed E-state index contributed by atoms with van der Waals surface area (Å²) in [6.07, 6.45) is 0.400. The third kappa shape index (κ3) is 4.03. The highest BCUT2D eigenvalue weighted by molar-refractivity contribution is 9.10. The predicted octanol–water partition coefficient (Wildman–Crippen LogP) is 2.39. The van der Waals surface area contributed by atoms with Gasteiger partial charge in [0.15, 0.2) is 0 Å². The van der Waals surface area contributed by atoms with Gasteiger partial charge in [-0.1, -0.05) is 28.1 Å². The second kappa shape index (κ2) is 7.03. The molecule has 1 heterocycles. The van der Waals surface area contributed by atoms with E-state index in [-0.39, 0.29) is 12.0 Å². The summed E-state index contributed by atoms with van der Waals surface area (Å²) >= 11 is 3.41. The minimum atomic E-state index is -0.0339. The zero-order valence-electron chi connectivity index (χ0n) is 11.0. The highest BCUT2D eigenvalue weighted by Gasteiger charge is 2.24. The molecule has 1 atom stereocenters. The Morgan fingerprint density at radius 1 is 1.47 bits per heavy atom. The van der Waals surface area contributed by atoms with Gasteiger partial charge < -0.3 is 14.4 Å². The number of hydrogen-bond acceptors (Lipinski definition) is 3. The summed E-state index contributed by atoms with van der Waals surface area (Å²) in [6.45, 7) is 2.33. The maximum Gasteiger partial charge on any atom is 0.225 e. The number of carbonyl (C=O) groups is 1. The van der Waals surface area contributed by atoms with Crippen molar-refractivity contribution >= 4 is 21.8 Å². The Morgan fingerprint density at radius 3 is 2.89 bits per heavy atom. The van der Waals surface area contributed by atoms with E-state index in [0.29, 0.717) is 32.7 Å². The molecule has 1 fully saturated rings. The Hall–Kier alpha value is -0.910. The summed E-state index contributed by atoms with van der Waals surface area (Å²) in [5, 5.41) is 0. The largest absolute Gasteiger partial charge is 0.384 e. The number of rotatable bonds is 4. The molecule has 1 aliphatic rings. The standard InChI is InChI=1S/C14H18BrNO3/c1-18-8-6-14(17)16-7-9-19-13(10-16)11-2-4-12(15)5-3-11/h2-5,13H,6-10H2,1H3. The molecule has 5 heteroatoms. The number of benzene rings is 1. The van der Waals surface area contributed by atoms with Crippen LogP contribution in [-0.2, 0) is 14.3 Å². The second-order valence-electron chi connectivity index (χ2n) is 4.49. The molecule has 0 aromatic heterocycles. The first-order valence-electron chi connectivity index (χ1n) is 6.34. The van der Waals surface area contributed by atoms with Crippen LogP contribution in [0, 0.1) is 0 Å². The summed E-state index contributed by atoms with van der Waals surface area (Å²) in [7, 11) is 1.61. The molecular weight excluding hydrogens is 310 g/mol. The molecule has 0 saturated carbocycles. The first-order valence-corrected chi connectivity index (χ1v) is 7.14. The first kappa shape index (κ1) is 14.5. The lowest BCUT2D eigenvalue weighted by Gasteiger charge is -2.33. The Balaban J connectivity index is 1.96. The minimum Gasteiger partial charge on any atom is -0.384 e. The fourth-order valence-corrected chi connectivity index (χ4v) is 2.37. The zero-order valence-corrected chi connectivity index (χ0v) is 12.6. The van der Waals surface area contributed by atoms with Gasteiger partial charge in [-0.15, -0.1) is 0 Å². The van der Waals surface area contributed by atoms with Crippen LogP contribution in [0.3, 0.4) is 0 Å². The SMILES string of the molecule is COCCC(=O)N1CCOC(c2ccc(Br)cc2)C1. The van der Waals surface area contributed by atoms with Crippen molar-refractivity contribution in [3.8, 4) is 0 Å². The van der Waals surface area contributed by atoms with Crippen LogP contribution < -0.4 is 0 Å². The van der Waals surface area contributed by atoms with E-state index in [1.807, 2.05) is 29.2 Å². The van der Waals surface area contributed by atoms with Gasteiger partial charge in [0.1, 0.15) is 6.10 Å². The van der Waals surface area contributed by atoms with Crippen LogP contribution in [0.2, 0.25) is 0 Å². The van der Waals surface area contributed by atoms with Gasteiger partial charge in [0.25, 0.3) is 0 Å². The van der Waals surface area contributed by atoms with E-state index in [4.69, 9.17) is 9.47 Å². The van der Waals surface area contributed by atoms with Gasteiger partial charge in [0.05, 0.1) is 26.2 Å². The maximum atomic E-state index is 12.0. The molecule has 1 aromatic rings. The van der Waals surface area contributed by atoms with Crippen molar-refractivity contribution < 1.29 is 14.3 Å². The Kier molecular flexibility index (Phi) is 5.36. The molecule has 0 N–H and O–H groups in total. The summed E-state index contributed by atoms with van der Waals surface area (Å²) in [5.41, 5.74) is 1.10. The summed E-state index contributed by atoms with van der Waals surface area (Å²) in [4.78, 5) is 13.8. The van der Waals surface area contributed by atoms with Crippen LogP contribution in [0.5, 0.6) is 0 Å². The Bertz CT molecular complexity index is 421. The molecule has 1 aliphatic heterocycles. The second-order valence-corrected chi connectivity index (χ2v) is 5.41. The van der Waals surface area contributed by atoms with Gasteiger partial charge in [0, 0.05) is 18.1 Å². The fraction of sp³-hybridized carbons (Fsp3) is 0.500. The average Bonchev–Trinajstić information content (AvgIpc) is 2.45. The molecule has 104 valence electrons. The first-order chi connectivity index (χ1) is 9.20. The number of methoxy groups -OCH3 is 1. The molecule has 0 aliphatic carbocycles. The van der Waals surface area contributed by atoms with Crippen LogP contribution >= 0.6 is 15.9 Å². The topological polar surface area (TPSA) is 38.8 Å². The van der Waals surface area contributed by atoms with Crippen molar-refractivity contribution in [2.75, 3.05) is 33.4 Å². The lowest BCUT2D eigenvalue weighted by atomic mass is 10.1. The van der Waals surface area contributed by atoms with Gasteiger partial charge in [-0.25, -0.2) is 0 Å². The van der Waals surface area contributed by atoms with Crippen LogP contribution in [0.15, 0.2) is 28.7 Å². The normalized spacial score (nSPS) is 19.5. The number of ether oxygens (including phenoxy) is 2. The molecule has 0 radical (unpaired) electrons. The third-order valence-electron chi connectivity index (χ3n) is 3.18. The van der Waals surface area contributed by atoms with E-state index < -0.39 is 0 Å². The van der Waals surface area contributed by atoms with Gasteiger partial charge in [-0.05, 0) is 17.7 Å². The van der Waals surface area contributed by atoms with Gasteiger partial charge >= 0.3 is 0 Å². The van der Waals surface area contributed by atoms with E-state index in [2.05, 4.69) is 15.9 Å². The maximum absolute atomic E-state index is 12.0. The van der Waals surface area contributed by atoms with Crippen LogP contribution in [-0.4, -0.2) is 44.2 Å². The molecule has 0 spiro atoms. The van der Waals surface area contributed by atoms with Gasteiger partial charge in [-0.2, -0.15) is 0 Å². The zero-order chi connectivity index (χ0) is 13.7. The van der Waals surface area contributed by atoms with Crippen LogP contribution in [0.4, 0.5) is 0 Å². The fourth-order valence-electron chi connectivity index (χ4n) is 2.10. The van der Waals surface area contributed by atoms with Crippen molar-refractivity contribution in [3.05, 3.63) is 34.3 Å². The van der Waals surface area contributed by atoms with Crippen molar-refractivity contribution in [2.24, 2.45) is 0 Å². The van der Waals surface area contributed by atoms with Crippen LogP contribution in [0.1, 0.15) is 18.1 Å². The highest BCUT2D eigenvalue weighted by Crippen LogP contribution is 2.24. The van der Waals surface area contributed by atoms with Crippen molar-refractivity contribution in [3.63, 3.8) is 0 Å². The quantitative estimate of drug-likeness (QED) is 0.852. The van der Waals surface area contributed by atoms with E-state index in [1.54, 1.807) is 7.11 Å². The molecule has 1 unspecified atom stereocenters. The highest BCUT2D eigenvalue weighted by atomic mass is 79.9. The number of amides is 1. The van der Waals surface area contributed by atoms with Crippen LogP contribution in [0.25, 0.3) is 0 Å². The lowest BCUT2D eigenvalue weighted by Crippen LogP contribution is -2.42. The number of carbonyl (C=O) groups excluding carboxylic acids is 1. The smallest absolute Gasteiger partial charge is 0.225 e. The average molecular weight is 328 g/mol. The molecule has 0 bridgehead atoms. The molecule has 4 nitrogen and oxygen atoms in total.